The summed E-state index contributed by atoms with van der Waals surface area (Å²) in [6, 6.07) is 5.57. The molecule has 4 atom stereocenters. The van der Waals surface area contributed by atoms with Crippen molar-refractivity contribution in [3.63, 3.8) is 0 Å². The van der Waals surface area contributed by atoms with Gasteiger partial charge in [0.2, 0.25) is 0 Å². The molecule has 4 unspecified atom stereocenters. The predicted molar refractivity (Wildman–Crippen MR) is 109 cm³/mol. The molecule has 8 heteroatoms. The number of halogens is 2. The summed E-state index contributed by atoms with van der Waals surface area (Å²) in [5.41, 5.74) is 1.85. The normalized spacial score (nSPS) is 24.2. The first kappa shape index (κ1) is 21.8. The van der Waals surface area contributed by atoms with Crippen molar-refractivity contribution < 1.29 is 23.8 Å². The van der Waals surface area contributed by atoms with E-state index in [1.807, 2.05) is 26.0 Å². The van der Waals surface area contributed by atoms with Crippen molar-refractivity contribution in [1.82, 2.24) is 0 Å². The second kappa shape index (κ2) is 10.1. The summed E-state index contributed by atoms with van der Waals surface area (Å²) in [5, 5.41) is 11.5. The molecule has 1 fully saturated rings. The van der Waals surface area contributed by atoms with Crippen LogP contribution in [0.2, 0.25) is 5.02 Å². The number of ether oxygens (including phenoxy) is 3. The minimum Gasteiger partial charge on any atom is -0.388 e. The molecule has 1 heterocycles. The number of benzene rings is 1. The maximum Gasteiger partial charge on any atom is 0.163 e. The lowest BCUT2D eigenvalue weighted by molar-refractivity contribution is -0.151. The van der Waals surface area contributed by atoms with E-state index < -0.39 is 11.9 Å². The summed E-state index contributed by atoms with van der Waals surface area (Å²) in [5.74, 6) is -0.675. The second-order valence-corrected chi connectivity index (χ2v) is 8.64. The quantitative estimate of drug-likeness (QED) is 0.308. The molecule has 0 saturated carbocycles. The van der Waals surface area contributed by atoms with Gasteiger partial charge in [0.1, 0.15) is 6.10 Å². The molecule has 1 aromatic rings. The minimum atomic E-state index is -0.675. The first-order valence-corrected chi connectivity index (χ1v) is 12.5. The average Bonchev–Trinajstić information content (AvgIpc) is 2.81. The lowest BCUT2D eigenvalue weighted by atomic mass is 9.95. The van der Waals surface area contributed by atoms with Crippen LogP contribution in [0, 0.1) is 0 Å². The smallest absolute Gasteiger partial charge is 0.163 e. The summed E-state index contributed by atoms with van der Waals surface area (Å²) in [4.78, 5) is 0. The highest BCUT2D eigenvalue weighted by atomic mass is 127. The zero-order valence-electron chi connectivity index (χ0n) is 14.6. The number of methoxy groups -OCH3 is 1. The largest absolute Gasteiger partial charge is 0.388 e. The van der Waals surface area contributed by atoms with Gasteiger partial charge in [-0.3, -0.25) is 0 Å². The highest BCUT2D eigenvalue weighted by Crippen LogP contribution is 2.35. The Bertz CT molecular complexity index is 560. The summed E-state index contributed by atoms with van der Waals surface area (Å²) < 4.78 is 22.5. The Kier molecular flexibility index (Phi) is 8.82. The molecule has 0 spiro atoms. The maximum absolute atomic E-state index is 10.8. The highest BCUT2D eigenvalue weighted by Gasteiger charge is 2.42. The standard InChI is InChI=1S/C17H25ClIO5P/c1-17(2)23-15(16(24-17)10-21-3)9-14(20)13-5-4-12(18)8-11(13)6-7-22-25-19/h4-5,8,14-16,20,25H,6-7,9-10H2,1-3H3. The molecule has 0 amide bonds. The van der Waals surface area contributed by atoms with E-state index in [1.54, 1.807) is 13.2 Å². The van der Waals surface area contributed by atoms with Crippen LogP contribution in [0.3, 0.4) is 0 Å². The van der Waals surface area contributed by atoms with E-state index in [9.17, 15) is 5.11 Å². The highest BCUT2D eigenvalue weighted by molar-refractivity contribution is 14.2. The van der Waals surface area contributed by atoms with Crippen LogP contribution in [0.25, 0.3) is 0 Å². The predicted octanol–water partition coefficient (Wildman–Crippen LogP) is 4.43. The molecular weight excluding hydrogens is 478 g/mol. The van der Waals surface area contributed by atoms with E-state index in [4.69, 9.17) is 30.3 Å². The summed E-state index contributed by atoms with van der Waals surface area (Å²) in [7, 11) is 1.63. The summed E-state index contributed by atoms with van der Waals surface area (Å²) in [6.45, 7) is 5.19. The fourth-order valence-electron chi connectivity index (χ4n) is 3.08. The van der Waals surface area contributed by atoms with Crippen molar-refractivity contribution in [2.24, 2.45) is 0 Å². The molecule has 0 aromatic heterocycles. The third-order valence-corrected chi connectivity index (χ3v) is 5.55. The SMILES string of the molecule is COCC1OC(C)(C)OC1CC(O)c1ccc(Cl)cc1CCOPI. The van der Waals surface area contributed by atoms with Gasteiger partial charge in [-0.2, -0.15) is 0 Å². The van der Waals surface area contributed by atoms with E-state index in [0.29, 0.717) is 37.5 Å². The van der Waals surface area contributed by atoms with Gasteiger partial charge in [0.25, 0.3) is 0 Å². The van der Waals surface area contributed by atoms with Crippen molar-refractivity contribution in [3.05, 3.63) is 34.3 Å². The van der Waals surface area contributed by atoms with Gasteiger partial charge in [0.15, 0.2) is 5.79 Å². The fraction of sp³-hybridized carbons (Fsp3) is 0.647. The van der Waals surface area contributed by atoms with Crippen molar-refractivity contribution in [3.8, 4) is 0 Å². The van der Waals surface area contributed by atoms with Crippen molar-refractivity contribution in [1.29, 1.82) is 0 Å². The molecule has 1 aliphatic heterocycles. The number of aliphatic hydroxyl groups excluding tert-OH is 1. The average molecular weight is 503 g/mol. The number of aliphatic hydroxyl groups is 1. The van der Waals surface area contributed by atoms with Gasteiger partial charge in [-0.1, -0.05) is 17.7 Å². The van der Waals surface area contributed by atoms with Gasteiger partial charge in [0.05, 0.1) is 31.9 Å². The van der Waals surface area contributed by atoms with Crippen molar-refractivity contribution in [2.75, 3.05) is 20.3 Å². The number of rotatable bonds is 9. The molecule has 1 aromatic carbocycles. The summed E-state index contributed by atoms with van der Waals surface area (Å²) in [6.07, 6.45) is 0.0320. The molecule has 0 bridgehead atoms. The molecule has 2 rings (SSSR count). The Morgan fingerprint density at radius 1 is 1.36 bits per heavy atom. The zero-order chi connectivity index (χ0) is 18.4. The first-order chi connectivity index (χ1) is 11.9. The molecule has 1 saturated heterocycles. The van der Waals surface area contributed by atoms with Crippen LogP contribution in [-0.4, -0.2) is 43.4 Å². The van der Waals surface area contributed by atoms with Crippen molar-refractivity contribution in [2.45, 2.75) is 50.8 Å². The zero-order valence-corrected chi connectivity index (χ0v) is 18.5. The van der Waals surface area contributed by atoms with Gasteiger partial charge in [-0.25, -0.2) is 0 Å². The molecule has 0 radical (unpaired) electrons. The van der Waals surface area contributed by atoms with Crippen LogP contribution < -0.4 is 0 Å². The second-order valence-electron chi connectivity index (χ2n) is 6.44. The number of hydrogen-bond acceptors (Lipinski definition) is 5. The summed E-state index contributed by atoms with van der Waals surface area (Å²) >= 11 is 8.32. The lowest BCUT2D eigenvalue weighted by Crippen LogP contribution is -2.29. The third-order valence-electron chi connectivity index (χ3n) is 4.06. The first-order valence-electron chi connectivity index (χ1n) is 8.14. The van der Waals surface area contributed by atoms with Crippen molar-refractivity contribution >= 4 is 40.1 Å². The maximum atomic E-state index is 10.8. The van der Waals surface area contributed by atoms with Gasteiger partial charge < -0.3 is 23.8 Å². The molecular formula is C17H25ClIO5P. The fourth-order valence-corrected chi connectivity index (χ4v) is 4.11. The lowest BCUT2D eigenvalue weighted by Gasteiger charge is -2.22. The van der Waals surface area contributed by atoms with E-state index >= 15 is 0 Å². The topological polar surface area (TPSA) is 57.2 Å². The van der Waals surface area contributed by atoms with E-state index in [-0.39, 0.29) is 12.2 Å². The van der Waals surface area contributed by atoms with Crippen LogP contribution in [0.4, 0.5) is 0 Å². The Morgan fingerprint density at radius 2 is 2.08 bits per heavy atom. The van der Waals surface area contributed by atoms with Crippen LogP contribution >= 0.6 is 40.1 Å². The van der Waals surface area contributed by atoms with Gasteiger partial charge in [-0.15, -0.1) is 0 Å². The van der Waals surface area contributed by atoms with E-state index in [1.165, 1.54) is 0 Å². The molecule has 0 aliphatic carbocycles. The minimum absolute atomic E-state index is 0.200. The Balaban J connectivity index is 2.10. The molecule has 25 heavy (non-hydrogen) atoms. The third kappa shape index (κ3) is 6.54. The van der Waals surface area contributed by atoms with Crippen LogP contribution in [0.5, 0.6) is 0 Å². The van der Waals surface area contributed by atoms with Crippen LogP contribution in [0.15, 0.2) is 18.2 Å². The monoisotopic (exact) mass is 502 g/mol. The molecule has 142 valence electrons. The van der Waals surface area contributed by atoms with Crippen LogP contribution in [-0.2, 0) is 25.2 Å². The molecule has 1 N–H and O–H groups in total. The van der Waals surface area contributed by atoms with Gasteiger partial charge >= 0.3 is 0 Å². The van der Waals surface area contributed by atoms with Gasteiger partial charge in [0, 0.05) is 18.6 Å². The van der Waals surface area contributed by atoms with Crippen LogP contribution in [0.1, 0.15) is 37.5 Å². The molecule has 1 aliphatic rings. The Labute approximate surface area is 169 Å². The van der Waals surface area contributed by atoms with Gasteiger partial charge in [-0.05, 0) is 65.6 Å². The Morgan fingerprint density at radius 3 is 2.76 bits per heavy atom. The van der Waals surface area contributed by atoms with E-state index in [0.717, 1.165) is 11.1 Å². The Hall–Kier alpha value is 0.470. The number of hydrogen-bond donors (Lipinski definition) is 1. The van der Waals surface area contributed by atoms with E-state index in [2.05, 4.69) is 22.0 Å². The molecule has 5 nitrogen and oxygen atoms in total.